The molecule has 1 aliphatic rings. The number of imidazole rings is 1. The minimum absolute atomic E-state index is 0.0983. The number of likely N-dealkylation sites (tertiary alicyclic amines) is 1. The van der Waals surface area contributed by atoms with Gasteiger partial charge < -0.3 is 14.6 Å². The van der Waals surface area contributed by atoms with Crippen LogP contribution in [0.25, 0.3) is 22.1 Å². The Hall–Kier alpha value is -2.50. The van der Waals surface area contributed by atoms with E-state index in [0.717, 1.165) is 54.5 Å². The fourth-order valence-corrected chi connectivity index (χ4v) is 3.65. The van der Waals surface area contributed by atoms with Crippen molar-refractivity contribution in [1.82, 2.24) is 29.6 Å². The molecule has 1 atom stereocenters. The zero-order valence-electron chi connectivity index (χ0n) is 13.3. The van der Waals surface area contributed by atoms with E-state index in [1.165, 1.54) is 0 Å². The van der Waals surface area contributed by atoms with E-state index in [4.69, 9.17) is 5.26 Å². The first kappa shape index (κ1) is 15.1. The highest BCUT2D eigenvalue weighted by molar-refractivity contribution is 6.00. The summed E-state index contributed by atoms with van der Waals surface area (Å²) < 4.78 is 2.15. The monoisotopic (exact) mass is 325 g/mol. The molecule has 0 saturated carbocycles. The van der Waals surface area contributed by atoms with Crippen molar-refractivity contribution >= 4 is 22.1 Å². The summed E-state index contributed by atoms with van der Waals surface area (Å²) in [6.45, 7) is 2.75. The van der Waals surface area contributed by atoms with E-state index in [2.05, 4.69) is 35.7 Å². The van der Waals surface area contributed by atoms with Gasteiger partial charge in [-0.2, -0.15) is 10.4 Å². The number of aliphatic hydroxyl groups excluding tert-OH is 1. The summed E-state index contributed by atoms with van der Waals surface area (Å²) in [6.07, 6.45) is 6.00. The van der Waals surface area contributed by atoms with Crippen molar-refractivity contribution in [2.45, 2.75) is 31.9 Å². The van der Waals surface area contributed by atoms with Crippen LogP contribution in [0.2, 0.25) is 0 Å². The zero-order valence-corrected chi connectivity index (χ0v) is 13.3. The summed E-state index contributed by atoms with van der Waals surface area (Å²) >= 11 is 0. The van der Waals surface area contributed by atoms with E-state index >= 15 is 0 Å². The van der Waals surface area contributed by atoms with Gasteiger partial charge in [0, 0.05) is 25.6 Å². The van der Waals surface area contributed by atoms with Gasteiger partial charge in [-0.05, 0) is 19.4 Å². The third-order valence-corrected chi connectivity index (χ3v) is 4.72. The Labute approximate surface area is 138 Å². The third-order valence-electron chi connectivity index (χ3n) is 4.72. The van der Waals surface area contributed by atoms with E-state index in [0.29, 0.717) is 12.2 Å². The van der Waals surface area contributed by atoms with Crippen LogP contribution in [0.1, 0.15) is 31.1 Å². The molecule has 0 radical (unpaired) electrons. The Balaban J connectivity index is 1.71. The van der Waals surface area contributed by atoms with Crippen LogP contribution < -0.4 is 0 Å². The molecule has 0 amide bonds. The van der Waals surface area contributed by atoms with Gasteiger partial charge in [0.15, 0.2) is 5.65 Å². The quantitative estimate of drug-likeness (QED) is 0.686. The lowest BCUT2D eigenvalue weighted by atomic mass is 10.2. The average molecular weight is 325 g/mol. The second-order valence-electron chi connectivity index (χ2n) is 6.19. The van der Waals surface area contributed by atoms with Crippen LogP contribution in [0.3, 0.4) is 0 Å². The average Bonchev–Trinajstić information content (AvgIpc) is 3.31. The molecular weight excluding hydrogens is 306 g/mol. The van der Waals surface area contributed by atoms with Gasteiger partial charge in [-0.15, -0.1) is 0 Å². The molecule has 1 aliphatic heterocycles. The molecule has 0 bridgehead atoms. The lowest BCUT2D eigenvalue weighted by molar-refractivity contribution is 0.259. The molecule has 3 aromatic heterocycles. The van der Waals surface area contributed by atoms with Gasteiger partial charge in [0.1, 0.15) is 17.9 Å². The van der Waals surface area contributed by atoms with Crippen LogP contribution in [0, 0.1) is 11.3 Å². The summed E-state index contributed by atoms with van der Waals surface area (Å²) in [5, 5.41) is 26.4. The van der Waals surface area contributed by atoms with Crippen molar-refractivity contribution in [3.05, 3.63) is 18.2 Å². The number of hydrogen-bond acceptors (Lipinski definition) is 6. The summed E-state index contributed by atoms with van der Waals surface area (Å²) in [6, 6.07) is 2.46. The Morgan fingerprint density at radius 3 is 3.17 bits per heavy atom. The lowest BCUT2D eigenvalue weighted by Crippen LogP contribution is -2.23. The van der Waals surface area contributed by atoms with E-state index in [-0.39, 0.29) is 12.6 Å². The molecule has 8 heteroatoms. The van der Waals surface area contributed by atoms with Crippen molar-refractivity contribution in [3.8, 4) is 6.07 Å². The Morgan fingerprint density at radius 1 is 1.42 bits per heavy atom. The van der Waals surface area contributed by atoms with Crippen molar-refractivity contribution < 1.29 is 5.11 Å². The number of rotatable bonds is 5. The van der Waals surface area contributed by atoms with Gasteiger partial charge in [0.05, 0.1) is 29.4 Å². The predicted octanol–water partition coefficient (Wildman–Crippen LogP) is 1.35. The van der Waals surface area contributed by atoms with Gasteiger partial charge >= 0.3 is 0 Å². The lowest BCUT2D eigenvalue weighted by Gasteiger charge is -2.18. The van der Waals surface area contributed by atoms with Crippen LogP contribution in [0.15, 0.2) is 12.4 Å². The molecule has 4 heterocycles. The molecule has 4 rings (SSSR count). The SMILES string of the molecule is N#CCCCN1CCC(n2c(CO)nc3cnc4[nH]ncc4c32)C1. The maximum atomic E-state index is 9.76. The standard InChI is InChI=1S/C16H19N7O/c17-4-1-2-5-22-6-3-11(9-22)23-14(10-24)20-13-8-18-16-12(15(13)23)7-19-21-16/h7-8,11,24H,1-3,5-6,9-10H2,(H,18,19,21). The first-order valence-corrected chi connectivity index (χ1v) is 8.21. The van der Waals surface area contributed by atoms with Crippen molar-refractivity contribution in [1.29, 1.82) is 5.26 Å². The van der Waals surface area contributed by atoms with Crippen LogP contribution in [-0.2, 0) is 6.61 Å². The highest BCUT2D eigenvalue weighted by atomic mass is 16.3. The number of aromatic nitrogens is 5. The number of fused-ring (bicyclic) bond motifs is 3. The van der Waals surface area contributed by atoms with E-state index < -0.39 is 0 Å². The number of H-pyrrole nitrogens is 1. The highest BCUT2D eigenvalue weighted by Gasteiger charge is 2.28. The Morgan fingerprint density at radius 2 is 2.33 bits per heavy atom. The third kappa shape index (κ3) is 2.42. The topological polar surface area (TPSA) is 107 Å². The van der Waals surface area contributed by atoms with Crippen molar-refractivity contribution in [2.75, 3.05) is 19.6 Å². The normalized spacial score (nSPS) is 18.6. The molecule has 0 aliphatic carbocycles. The van der Waals surface area contributed by atoms with Gasteiger partial charge in [0.2, 0.25) is 0 Å². The fraction of sp³-hybridized carbons (Fsp3) is 0.500. The number of nitriles is 1. The first-order valence-electron chi connectivity index (χ1n) is 8.21. The fourth-order valence-electron chi connectivity index (χ4n) is 3.65. The molecule has 1 saturated heterocycles. The van der Waals surface area contributed by atoms with Gasteiger partial charge in [-0.1, -0.05) is 0 Å². The number of nitrogens with zero attached hydrogens (tertiary/aromatic N) is 6. The van der Waals surface area contributed by atoms with E-state index in [9.17, 15) is 5.11 Å². The minimum atomic E-state index is -0.0983. The molecule has 0 spiro atoms. The zero-order chi connectivity index (χ0) is 16.5. The molecule has 0 aromatic carbocycles. The van der Waals surface area contributed by atoms with Crippen molar-refractivity contribution in [3.63, 3.8) is 0 Å². The van der Waals surface area contributed by atoms with Crippen LogP contribution >= 0.6 is 0 Å². The van der Waals surface area contributed by atoms with Crippen molar-refractivity contribution in [2.24, 2.45) is 0 Å². The largest absolute Gasteiger partial charge is 0.388 e. The molecule has 2 N–H and O–H groups in total. The summed E-state index contributed by atoms with van der Waals surface area (Å²) in [5.41, 5.74) is 2.51. The number of aliphatic hydroxyl groups is 1. The maximum absolute atomic E-state index is 9.76. The molecule has 1 fully saturated rings. The predicted molar refractivity (Wildman–Crippen MR) is 88.0 cm³/mol. The van der Waals surface area contributed by atoms with Crippen LogP contribution in [0.5, 0.6) is 0 Å². The number of pyridine rings is 1. The molecule has 3 aromatic rings. The van der Waals surface area contributed by atoms with Gasteiger partial charge in [-0.3, -0.25) is 5.10 Å². The van der Waals surface area contributed by atoms with Gasteiger partial charge in [-0.25, -0.2) is 9.97 Å². The maximum Gasteiger partial charge on any atom is 0.157 e. The summed E-state index contributed by atoms with van der Waals surface area (Å²) in [5.74, 6) is 0.671. The Bertz CT molecular complexity index is 906. The number of aromatic amines is 1. The number of unbranched alkanes of at least 4 members (excludes halogenated alkanes) is 1. The summed E-state index contributed by atoms with van der Waals surface area (Å²) in [4.78, 5) is 11.3. The van der Waals surface area contributed by atoms with Crippen LogP contribution in [0.4, 0.5) is 0 Å². The second-order valence-corrected chi connectivity index (χ2v) is 6.19. The Kier molecular flexibility index (Phi) is 3.88. The highest BCUT2D eigenvalue weighted by Crippen LogP contribution is 2.31. The van der Waals surface area contributed by atoms with E-state index in [1.807, 2.05) is 0 Å². The number of hydrogen-bond donors (Lipinski definition) is 2. The molecule has 24 heavy (non-hydrogen) atoms. The molecule has 1 unspecified atom stereocenters. The summed E-state index contributed by atoms with van der Waals surface area (Å²) in [7, 11) is 0. The van der Waals surface area contributed by atoms with E-state index in [1.54, 1.807) is 12.4 Å². The molecule has 8 nitrogen and oxygen atoms in total. The van der Waals surface area contributed by atoms with Gasteiger partial charge in [0.25, 0.3) is 0 Å². The smallest absolute Gasteiger partial charge is 0.157 e. The first-order chi connectivity index (χ1) is 11.8. The molecule has 124 valence electrons. The molecular formula is C16H19N7O. The number of nitrogens with one attached hydrogen (secondary N) is 1. The second kappa shape index (κ2) is 6.19. The minimum Gasteiger partial charge on any atom is -0.388 e. The van der Waals surface area contributed by atoms with Crippen LogP contribution in [-0.4, -0.2) is 54.4 Å².